The highest BCUT2D eigenvalue weighted by Gasteiger charge is 2.33. The van der Waals surface area contributed by atoms with E-state index in [2.05, 4.69) is 15.7 Å². The van der Waals surface area contributed by atoms with Crippen molar-refractivity contribution < 1.29 is 33.4 Å². The van der Waals surface area contributed by atoms with Gasteiger partial charge < -0.3 is 24.8 Å². The Morgan fingerprint density at radius 3 is 2.15 bits per heavy atom. The van der Waals surface area contributed by atoms with Gasteiger partial charge in [0.25, 0.3) is 5.91 Å². The zero-order chi connectivity index (χ0) is 34.5. The number of alkyl carbamates (subject to hydrolysis) is 1. The lowest BCUT2D eigenvalue weighted by atomic mass is 9.91. The molecule has 1 saturated carbocycles. The van der Waals surface area contributed by atoms with Crippen LogP contribution in [0.3, 0.4) is 0 Å². The molecule has 0 atom stereocenters. The highest BCUT2D eigenvalue weighted by molar-refractivity contribution is 6.05. The summed E-state index contributed by atoms with van der Waals surface area (Å²) in [4.78, 5) is 50.6. The second-order valence-corrected chi connectivity index (χ2v) is 13.5. The van der Waals surface area contributed by atoms with Gasteiger partial charge in [-0.15, -0.1) is 0 Å². The molecule has 0 spiro atoms. The van der Waals surface area contributed by atoms with Crippen molar-refractivity contribution in [1.82, 2.24) is 19.9 Å². The maximum Gasteiger partial charge on any atom is 0.407 e. The van der Waals surface area contributed by atoms with Crippen LogP contribution in [0.15, 0.2) is 30.5 Å². The fourth-order valence-corrected chi connectivity index (χ4v) is 5.27. The van der Waals surface area contributed by atoms with Gasteiger partial charge >= 0.3 is 12.1 Å². The number of ether oxygens (including phenoxy) is 3. The summed E-state index contributed by atoms with van der Waals surface area (Å²) in [6, 6.07) is 6.82. The second kappa shape index (κ2) is 14.6. The summed E-state index contributed by atoms with van der Waals surface area (Å²) in [7, 11) is 0. The van der Waals surface area contributed by atoms with Crippen molar-refractivity contribution in [3.8, 4) is 5.75 Å². The molecule has 0 radical (unpaired) electrons. The van der Waals surface area contributed by atoms with Gasteiger partial charge in [-0.3, -0.25) is 9.63 Å². The molecule has 1 aliphatic carbocycles. The number of carbonyl (C=O) groups excluding carboxylic acids is 3. The van der Waals surface area contributed by atoms with Crippen LogP contribution in [0.4, 0.5) is 16.4 Å². The Bertz CT molecular complexity index is 1560. The summed E-state index contributed by atoms with van der Waals surface area (Å²) in [6.45, 7) is 17.2. The van der Waals surface area contributed by atoms with E-state index in [1.165, 1.54) is 15.8 Å². The molecule has 47 heavy (non-hydrogen) atoms. The molecule has 2 N–H and O–H groups in total. The van der Waals surface area contributed by atoms with Gasteiger partial charge in [-0.25, -0.2) is 14.6 Å². The number of benzene rings is 1. The molecule has 13 nitrogen and oxygen atoms in total. The lowest BCUT2D eigenvalue weighted by Gasteiger charge is -2.33. The summed E-state index contributed by atoms with van der Waals surface area (Å²) in [5.74, 6) is 0.395. The Labute approximate surface area is 276 Å². The highest BCUT2D eigenvalue weighted by Crippen LogP contribution is 2.33. The first-order valence-corrected chi connectivity index (χ1v) is 16.2. The third-order valence-electron chi connectivity index (χ3n) is 7.29. The van der Waals surface area contributed by atoms with Crippen molar-refractivity contribution in [2.75, 3.05) is 23.6 Å². The molecule has 256 valence electrons. The van der Waals surface area contributed by atoms with Crippen LogP contribution in [0, 0.1) is 6.92 Å². The Balaban J connectivity index is 1.72. The number of nitrogens with zero attached hydrogens (tertiary/aromatic N) is 4. The molecule has 2 amide bonds. The minimum absolute atomic E-state index is 0.0114. The SMILES string of the molecule is CCOC(=O)c1cnn2c(N(OC(C)(C)C)C(=O)c3ccc(OCC)cc3)c(C)c(N[C@H]3CC[C@H](NC(=O)OC(C)(C)C)CC3)nc12. The summed E-state index contributed by atoms with van der Waals surface area (Å²) >= 11 is 0. The van der Waals surface area contributed by atoms with E-state index in [4.69, 9.17) is 24.0 Å². The van der Waals surface area contributed by atoms with Crippen molar-refractivity contribution in [2.24, 2.45) is 0 Å². The van der Waals surface area contributed by atoms with Crippen LogP contribution < -0.4 is 20.4 Å². The number of anilines is 2. The predicted octanol–water partition coefficient (Wildman–Crippen LogP) is 6.24. The van der Waals surface area contributed by atoms with E-state index in [1.807, 2.05) is 55.4 Å². The average Bonchev–Trinajstić information content (AvgIpc) is 3.40. The van der Waals surface area contributed by atoms with Gasteiger partial charge in [0.1, 0.15) is 22.7 Å². The second-order valence-electron chi connectivity index (χ2n) is 13.5. The number of carbonyl (C=O) groups is 3. The molecule has 2 aromatic heterocycles. The van der Waals surface area contributed by atoms with Crippen molar-refractivity contribution >= 4 is 35.3 Å². The van der Waals surface area contributed by atoms with Crippen molar-refractivity contribution in [3.05, 3.63) is 47.2 Å². The third-order valence-corrected chi connectivity index (χ3v) is 7.29. The summed E-state index contributed by atoms with van der Waals surface area (Å²) in [5.41, 5.74) is -0.0250. The lowest BCUT2D eigenvalue weighted by Crippen LogP contribution is -2.42. The highest BCUT2D eigenvalue weighted by atomic mass is 16.7. The van der Waals surface area contributed by atoms with E-state index < -0.39 is 29.2 Å². The lowest BCUT2D eigenvalue weighted by molar-refractivity contribution is -0.0173. The van der Waals surface area contributed by atoms with Gasteiger partial charge in [0.2, 0.25) is 0 Å². The van der Waals surface area contributed by atoms with E-state index in [9.17, 15) is 14.4 Å². The number of amides is 2. The maximum atomic E-state index is 14.2. The van der Waals surface area contributed by atoms with Gasteiger partial charge in [-0.05, 0) is 112 Å². The third kappa shape index (κ3) is 9.12. The smallest absolute Gasteiger partial charge is 0.407 e. The Kier molecular flexibility index (Phi) is 11.0. The first-order chi connectivity index (χ1) is 22.1. The van der Waals surface area contributed by atoms with Gasteiger partial charge in [-0.1, -0.05) is 0 Å². The number of hydrogen-bond acceptors (Lipinski definition) is 10. The quantitative estimate of drug-likeness (QED) is 0.191. The van der Waals surface area contributed by atoms with E-state index in [0.717, 1.165) is 25.7 Å². The first kappa shape index (κ1) is 35.5. The molecule has 1 fully saturated rings. The molecule has 4 rings (SSSR count). The van der Waals surface area contributed by atoms with Gasteiger partial charge in [0, 0.05) is 23.2 Å². The molecule has 0 aliphatic heterocycles. The molecule has 0 bridgehead atoms. The molecular formula is C34H48N6O7. The predicted molar refractivity (Wildman–Crippen MR) is 178 cm³/mol. The van der Waals surface area contributed by atoms with Crippen LogP contribution in [0.5, 0.6) is 5.75 Å². The molecular weight excluding hydrogens is 604 g/mol. The molecule has 2 heterocycles. The van der Waals surface area contributed by atoms with Gasteiger partial charge in [0.05, 0.1) is 25.0 Å². The van der Waals surface area contributed by atoms with Crippen LogP contribution in [0.2, 0.25) is 0 Å². The van der Waals surface area contributed by atoms with Crippen molar-refractivity contribution in [2.45, 2.75) is 111 Å². The number of esters is 1. The summed E-state index contributed by atoms with van der Waals surface area (Å²) in [5, 5.41) is 12.2. The zero-order valence-corrected chi connectivity index (χ0v) is 28.9. The minimum Gasteiger partial charge on any atom is -0.494 e. The van der Waals surface area contributed by atoms with Crippen molar-refractivity contribution in [1.29, 1.82) is 0 Å². The largest absolute Gasteiger partial charge is 0.494 e. The van der Waals surface area contributed by atoms with Crippen molar-refractivity contribution in [3.63, 3.8) is 0 Å². The fourth-order valence-electron chi connectivity index (χ4n) is 5.27. The average molecular weight is 653 g/mol. The number of hydroxylamine groups is 1. The minimum atomic E-state index is -0.785. The fraction of sp³-hybridized carbons (Fsp3) is 0.559. The first-order valence-electron chi connectivity index (χ1n) is 16.2. The number of nitrogens with one attached hydrogen (secondary N) is 2. The summed E-state index contributed by atoms with van der Waals surface area (Å²) in [6.07, 6.45) is 3.93. The number of fused-ring (bicyclic) bond motifs is 1. The molecule has 13 heteroatoms. The molecule has 1 aliphatic rings. The molecule has 1 aromatic carbocycles. The number of aromatic nitrogens is 3. The van der Waals surface area contributed by atoms with Crippen LogP contribution in [0.25, 0.3) is 5.65 Å². The summed E-state index contributed by atoms with van der Waals surface area (Å²) < 4.78 is 17.7. The normalized spacial score (nSPS) is 16.8. The number of rotatable bonds is 10. The Hall–Kier alpha value is -4.39. The maximum absolute atomic E-state index is 14.2. The molecule has 0 unspecified atom stereocenters. The van der Waals surface area contributed by atoms with E-state index in [0.29, 0.717) is 35.1 Å². The topological polar surface area (TPSA) is 146 Å². The Morgan fingerprint density at radius 2 is 1.57 bits per heavy atom. The zero-order valence-electron chi connectivity index (χ0n) is 28.9. The number of hydrogen-bond donors (Lipinski definition) is 2. The van der Waals surface area contributed by atoms with Gasteiger partial charge in [-0.2, -0.15) is 14.7 Å². The Morgan fingerprint density at radius 1 is 0.936 bits per heavy atom. The van der Waals surface area contributed by atoms with Crippen LogP contribution >= 0.6 is 0 Å². The van der Waals surface area contributed by atoms with E-state index in [1.54, 1.807) is 31.2 Å². The van der Waals surface area contributed by atoms with Crippen LogP contribution in [-0.4, -0.2) is 69.1 Å². The standard InChI is InChI=1S/C34H48N6O7/c1-10-44-25-18-12-22(13-19-25)30(41)40(47-34(7,8)9)29-21(3)27(38-28-26(20-35-39(28)29)31(42)45-11-2)36-23-14-16-24(17-15-23)37-32(43)46-33(4,5)6/h12-13,18-20,23-24H,10-11,14-17H2,1-9H3,(H,36,38)(H,37,43)/t23-,24-. The molecule has 3 aromatic rings. The van der Waals surface area contributed by atoms with E-state index in [-0.39, 0.29) is 29.9 Å². The van der Waals surface area contributed by atoms with E-state index >= 15 is 0 Å². The monoisotopic (exact) mass is 652 g/mol. The van der Waals surface area contributed by atoms with Crippen LogP contribution in [-0.2, 0) is 14.3 Å². The van der Waals surface area contributed by atoms with Gasteiger partial charge in [0.15, 0.2) is 11.5 Å². The molecule has 0 saturated heterocycles. The van der Waals surface area contributed by atoms with Crippen LogP contribution in [0.1, 0.15) is 107 Å².